The number of amides is 1. The molecule has 0 bridgehead atoms. The van der Waals surface area contributed by atoms with Crippen molar-refractivity contribution in [1.29, 1.82) is 0 Å². The molecule has 11 heteroatoms. The number of nitrogens with one attached hydrogen (secondary N) is 1. The third-order valence-corrected chi connectivity index (χ3v) is 5.11. The molecule has 10 nitrogen and oxygen atoms in total. The van der Waals surface area contributed by atoms with Gasteiger partial charge in [0.15, 0.2) is 6.61 Å². The molecule has 0 radical (unpaired) electrons. The van der Waals surface area contributed by atoms with Crippen molar-refractivity contribution in [2.75, 3.05) is 6.61 Å². The molecule has 3 aromatic rings. The van der Waals surface area contributed by atoms with E-state index in [4.69, 9.17) is 10.5 Å². The van der Waals surface area contributed by atoms with Crippen LogP contribution in [0.2, 0.25) is 0 Å². The molecular formula is C17H18N6O4S. The van der Waals surface area contributed by atoms with E-state index in [1.54, 1.807) is 24.1 Å². The summed E-state index contributed by atoms with van der Waals surface area (Å²) in [6.45, 7) is -0.325. The molecule has 0 spiro atoms. The molecule has 3 N–H and O–H groups in total. The van der Waals surface area contributed by atoms with Gasteiger partial charge in [-0.2, -0.15) is 5.10 Å². The minimum Gasteiger partial charge on any atom is -0.484 e. The maximum atomic E-state index is 12.5. The average Bonchev–Trinajstić information content (AvgIpc) is 3.11. The highest BCUT2D eigenvalue weighted by Gasteiger charge is 2.17. The van der Waals surface area contributed by atoms with Crippen LogP contribution in [-0.4, -0.2) is 40.7 Å². The molecule has 0 saturated carbocycles. The van der Waals surface area contributed by atoms with Gasteiger partial charge < -0.3 is 10.5 Å². The second kappa shape index (κ2) is 8.15. The van der Waals surface area contributed by atoms with Crippen molar-refractivity contribution < 1.29 is 17.9 Å². The van der Waals surface area contributed by atoms with E-state index in [1.807, 2.05) is 0 Å². The molecule has 3 rings (SSSR count). The van der Waals surface area contributed by atoms with Crippen LogP contribution in [-0.2, 0) is 28.4 Å². The van der Waals surface area contributed by atoms with Crippen molar-refractivity contribution in [3.05, 3.63) is 54.7 Å². The molecule has 0 unspecified atom stereocenters. The highest BCUT2D eigenvalue weighted by Crippen LogP contribution is 2.20. The van der Waals surface area contributed by atoms with Gasteiger partial charge in [0.2, 0.25) is 10.0 Å². The minimum absolute atomic E-state index is 0.0413. The summed E-state index contributed by atoms with van der Waals surface area (Å²) < 4.78 is 34.3. The van der Waals surface area contributed by atoms with Crippen molar-refractivity contribution in [2.45, 2.75) is 11.4 Å². The first-order valence-corrected chi connectivity index (χ1v) is 9.63. The molecule has 0 atom stereocenters. The van der Waals surface area contributed by atoms with Gasteiger partial charge in [0.25, 0.3) is 5.91 Å². The Morgan fingerprint density at radius 2 is 1.93 bits per heavy atom. The smallest absolute Gasteiger partial charge is 0.255 e. The second-order valence-corrected chi connectivity index (χ2v) is 7.57. The number of primary amides is 1. The van der Waals surface area contributed by atoms with Crippen molar-refractivity contribution in [3.63, 3.8) is 0 Å². The largest absolute Gasteiger partial charge is 0.484 e. The zero-order chi connectivity index (χ0) is 20.1. The molecule has 0 aliphatic rings. The van der Waals surface area contributed by atoms with E-state index in [-0.39, 0.29) is 18.0 Å². The summed E-state index contributed by atoms with van der Waals surface area (Å²) >= 11 is 0. The Kier molecular flexibility index (Phi) is 5.66. The lowest BCUT2D eigenvalue weighted by molar-refractivity contribution is -0.119. The van der Waals surface area contributed by atoms with Crippen LogP contribution in [0.5, 0.6) is 5.75 Å². The lowest BCUT2D eigenvalue weighted by Gasteiger charge is -2.09. The van der Waals surface area contributed by atoms with Crippen LogP contribution in [0, 0.1) is 0 Å². The molecule has 1 aromatic carbocycles. The van der Waals surface area contributed by atoms with Crippen molar-refractivity contribution in [1.82, 2.24) is 24.5 Å². The Bertz CT molecular complexity index is 1080. The molecule has 2 heterocycles. The topological polar surface area (TPSA) is 142 Å². The number of nitrogens with zero attached hydrogens (tertiary/aromatic N) is 4. The Morgan fingerprint density at radius 3 is 2.57 bits per heavy atom. The van der Waals surface area contributed by atoms with E-state index < -0.39 is 15.9 Å². The second-order valence-electron chi connectivity index (χ2n) is 5.81. The number of nitrogens with two attached hydrogens (primary N) is 1. The van der Waals surface area contributed by atoms with E-state index in [9.17, 15) is 13.2 Å². The van der Waals surface area contributed by atoms with Gasteiger partial charge in [-0.1, -0.05) is 0 Å². The molecule has 28 heavy (non-hydrogen) atoms. The van der Waals surface area contributed by atoms with Crippen LogP contribution >= 0.6 is 0 Å². The van der Waals surface area contributed by atoms with Gasteiger partial charge in [-0.15, -0.1) is 0 Å². The number of hydrogen-bond acceptors (Lipinski definition) is 7. The van der Waals surface area contributed by atoms with E-state index in [0.717, 1.165) is 5.56 Å². The molecular weight excluding hydrogens is 384 g/mol. The van der Waals surface area contributed by atoms with Crippen LogP contribution in [0.25, 0.3) is 11.3 Å². The van der Waals surface area contributed by atoms with Gasteiger partial charge in [-0.25, -0.2) is 13.1 Å². The molecule has 146 valence electrons. The fourth-order valence-corrected chi connectivity index (χ4v) is 3.38. The molecule has 1 amide bonds. The van der Waals surface area contributed by atoms with Crippen molar-refractivity contribution in [2.24, 2.45) is 12.8 Å². The number of sulfonamides is 1. The molecule has 0 fully saturated rings. The maximum Gasteiger partial charge on any atom is 0.255 e. The highest BCUT2D eigenvalue weighted by molar-refractivity contribution is 7.89. The van der Waals surface area contributed by atoms with Crippen LogP contribution in [0.15, 0.2) is 53.9 Å². The Morgan fingerprint density at radius 1 is 1.21 bits per heavy atom. The fraction of sp³-hybridized carbons (Fsp3) is 0.176. The van der Waals surface area contributed by atoms with Gasteiger partial charge in [-0.3, -0.25) is 19.4 Å². The molecule has 0 saturated heterocycles. The van der Waals surface area contributed by atoms with Gasteiger partial charge in [0.1, 0.15) is 5.75 Å². The first-order chi connectivity index (χ1) is 13.3. The van der Waals surface area contributed by atoms with E-state index in [1.165, 1.54) is 36.7 Å². The van der Waals surface area contributed by atoms with Gasteiger partial charge in [-0.05, 0) is 24.3 Å². The number of hydrogen-bond donors (Lipinski definition) is 2. The SMILES string of the molecule is Cn1cc(-c2nccnc2CNS(=O)(=O)c2ccc(OCC(N)=O)cc2)cn1. The van der Waals surface area contributed by atoms with E-state index in [2.05, 4.69) is 19.8 Å². The highest BCUT2D eigenvalue weighted by atomic mass is 32.2. The molecule has 0 aliphatic carbocycles. The summed E-state index contributed by atoms with van der Waals surface area (Å²) in [6, 6.07) is 5.64. The average molecular weight is 402 g/mol. The maximum absolute atomic E-state index is 12.5. The van der Waals surface area contributed by atoms with Crippen LogP contribution in [0.1, 0.15) is 5.69 Å². The standard InChI is InChI=1S/C17H18N6O4S/c1-23-10-12(8-21-23)17-15(19-6-7-20-17)9-22-28(25,26)14-4-2-13(3-5-14)27-11-16(18)24/h2-8,10,22H,9,11H2,1H3,(H2,18,24). The number of benzene rings is 1. The third-order valence-electron chi connectivity index (χ3n) is 3.70. The molecule has 0 aliphatic heterocycles. The minimum atomic E-state index is -3.79. The van der Waals surface area contributed by atoms with Gasteiger partial charge in [0, 0.05) is 31.2 Å². The summed E-state index contributed by atoms with van der Waals surface area (Å²) in [5, 5.41) is 4.09. The predicted molar refractivity (Wildman–Crippen MR) is 99.4 cm³/mol. The number of aryl methyl sites for hydroxylation is 1. The van der Waals surface area contributed by atoms with Gasteiger partial charge >= 0.3 is 0 Å². The van der Waals surface area contributed by atoms with Crippen molar-refractivity contribution >= 4 is 15.9 Å². The number of rotatable bonds is 8. The Labute approximate surface area is 161 Å². The predicted octanol–water partition coefficient (Wildman–Crippen LogP) is 0.220. The first kappa shape index (κ1) is 19.5. The summed E-state index contributed by atoms with van der Waals surface area (Å²) in [7, 11) is -2.01. The first-order valence-electron chi connectivity index (χ1n) is 8.15. The lowest BCUT2D eigenvalue weighted by Crippen LogP contribution is -2.24. The summed E-state index contributed by atoms with van der Waals surface area (Å²) in [5.74, 6) is -0.280. The third kappa shape index (κ3) is 4.69. The van der Waals surface area contributed by atoms with E-state index >= 15 is 0 Å². The number of aromatic nitrogens is 4. The number of carbonyl (C=O) groups excluding carboxylic acids is 1. The monoisotopic (exact) mass is 402 g/mol. The van der Waals surface area contributed by atoms with Crippen LogP contribution in [0.4, 0.5) is 0 Å². The van der Waals surface area contributed by atoms with E-state index in [0.29, 0.717) is 17.1 Å². The molecule has 2 aromatic heterocycles. The number of ether oxygens (including phenoxy) is 1. The summed E-state index contributed by atoms with van der Waals surface area (Å²) in [4.78, 5) is 19.3. The van der Waals surface area contributed by atoms with Gasteiger partial charge in [0.05, 0.1) is 29.0 Å². The van der Waals surface area contributed by atoms with Crippen molar-refractivity contribution in [3.8, 4) is 17.0 Å². The quantitative estimate of drug-likeness (QED) is 0.549. The van der Waals surface area contributed by atoms with Crippen LogP contribution in [0.3, 0.4) is 0 Å². The lowest BCUT2D eigenvalue weighted by atomic mass is 10.2. The summed E-state index contributed by atoms with van der Waals surface area (Å²) in [6.07, 6.45) is 6.43. The van der Waals surface area contributed by atoms with Crippen LogP contribution < -0.4 is 15.2 Å². The normalized spacial score (nSPS) is 11.3. The summed E-state index contributed by atoms with van der Waals surface area (Å²) in [5.41, 5.74) is 6.76. The fourth-order valence-electron chi connectivity index (χ4n) is 2.40. The Balaban J connectivity index is 1.73. The zero-order valence-electron chi connectivity index (χ0n) is 14.9. The zero-order valence-corrected chi connectivity index (χ0v) is 15.8. The Hall–Kier alpha value is -3.31. The number of carbonyl (C=O) groups is 1.